The second-order valence-corrected chi connectivity index (χ2v) is 8.63. The van der Waals surface area contributed by atoms with Gasteiger partial charge in [0.05, 0.1) is 16.9 Å². The van der Waals surface area contributed by atoms with Crippen LogP contribution in [0.2, 0.25) is 0 Å². The minimum atomic E-state index is -0.518. The van der Waals surface area contributed by atoms with E-state index < -0.39 is 11.6 Å². The summed E-state index contributed by atoms with van der Waals surface area (Å²) in [4.78, 5) is 19.6. The molecule has 0 aliphatic carbocycles. The Labute approximate surface area is 203 Å². The topological polar surface area (TPSA) is 57.7 Å². The zero-order valence-electron chi connectivity index (χ0n) is 19.6. The van der Waals surface area contributed by atoms with Crippen LogP contribution in [0.5, 0.6) is 0 Å². The Morgan fingerprint density at radius 1 is 0.914 bits per heavy atom. The number of aromatic nitrogens is 4. The molecule has 0 spiro atoms. The number of fused-ring (bicyclic) bond motifs is 1. The third-order valence-corrected chi connectivity index (χ3v) is 6.03. The van der Waals surface area contributed by atoms with Gasteiger partial charge >= 0.3 is 0 Å². The van der Waals surface area contributed by atoms with Gasteiger partial charge in [-0.25, -0.2) is 13.8 Å². The van der Waals surface area contributed by atoms with Gasteiger partial charge in [0.2, 0.25) is 0 Å². The lowest BCUT2D eigenvalue weighted by molar-refractivity contribution is 0.431. The predicted octanol–water partition coefficient (Wildman–Crippen LogP) is 4.87. The lowest BCUT2D eigenvalue weighted by Crippen LogP contribution is -2.23. The van der Waals surface area contributed by atoms with E-state index in [1.165, 1.54) is 18.2 Å². The Balaban J connectivity index is 1.48. The first-order valence-corrected chi connectivity index (χ1v) is 11.5. The summed E-state index contributed by atoms with van der Waals surface area (Å²) in [7, 11) is 1.91. The molecule has 0 radical (unpaired) electrons. The highest BCUT2D eigenvalue weighted by Crippen LogP contribution is 2.33. The normalized spacial score (nSPS) is 11.4. The zero-order valence-corrected chi connectivity index (χ0v) is 19.6. The molecular formula is C27H24BF2N5. The van der Waals surface area contributed by atoms with Crippen LogP contribution in [0.15, 0.2) is 72.9 Å². The summed E-state index contributed by atoms with van der Waals surface area (Å²) in [6.07, 6.45) is 2.06. The van der Waals surface area contributed by atoms with Crippen molar-refractivity contribution in [2.24, 2.45) is 0 Å². The van der Waals surface area contributed by atoms with Crippen molar-refractivity contribution < 1.29 is 8.78 Å². The summed E-state index contributed by atoms with van der Waals surface area (Å²) in [6.45, 7) is 2.91. The molecule has 0 saturated heterocycles. The van der Waals surface area contributed by atoms with Gasteiger partial charge in [-0.15, -0.1) is 0 Å². The van der Waals surface area contributed by atoms with Crippen molar-refractivity contribution in [1.29, 1.82) is 0 Å². The summed E-state index contributed by atoms with van der Waals surface area (Å²) in [6, 6.07) is 19.8. The van der Waals surface area contributed by atoms with E-state index >= 15 is 0 Å². The summed E-state index contributed by atoms with van der Waals surface area (Å²) in [5, 5.41) is 1.02. The molecule has 3 aromatic heterocycles. The number of imidazole rings is 1. The molecule has 0 bridgehead atoms. The summed E-state index contributed by atoms with van der Waals surface area (Å²) in [5.74, 6) is -0.289. The molecule has 5 nitrogen and oxygen atoms in total. The van der Waals surface area contributed by atoms with Crippen molar-refractivity contribution in [2.45, 2.75) is 19.9 Å². The van der Waals surface area contributed by atoms with Crippen LogP contribution in [0.3, 0.4) is 0 Å². The molecule has 1 N–H and O–H groups in total. The number of aryl methyl sites for hydroxylation is 1. The largest absolute Gasteiger partial charge is 0.342 e. The van der Waals surface area contributed by atoms with Gasteiger partial charge in [-0.2, -0.15) is 0 Å². The molecule has 3 heterocycles. The maximum atomic E-state index is 14.0. The van der Waals surface area contributed by atoms with Gasteiger partial charge < -0.3 is 9.79 Å². The van der Waals surface area contributed by atoms with Gasteiger partial charge in [0.25, 0.3) is 0 Å². The van der Waals surface area contributed by atoms with Crippen LogP contribution in [0, 0.1) is 18.6 Å². The number of rotatable bonds is 7. The molecule has 5 aromatic rings. The SMILES string of the molecule is BN(CCc1c(F)cccc1F)Cc1nc(-c2cccc(C)n2)c(-c2ccnc3ccccc23)[nH]1. The Morgan fingerprint density at radius 2 is 1.69 bits per heavy atom. The fourth-order valence-corrected chi connectivity index (χ4v) is 4.27. The van der Waals surface area contributed by atoms with Crippen LogP contribution in [0.25, 0.3) is 33.5 Å². The molecule has 0 amide bonds. The molecule has 0 saturated carbocycles. The van der Waals surface area contributed by atoms with Gasteiger partial charge in [0, 0.05) is 34.9 Å². The van der Waals surface area contributed by atoms with E-state index in [4.69, 9.17) is 9.97 Å². The highest BCUT2D eigenvalue weighted by atomic mass is 19.1. The summed E-state index contributed by atoms with van der Waals surface area (Å²) < 4.78 is 28.1. The van der Waals surface area contributed by atoms with Crippen LogP contribution >= 0.6 is 0 Å². The second-order valence-electron chi connectivity index (χ2n) is 8.63. The minimum absolute atomic E-state index is 0.104. The smallest absolute Gasteiger partial charge is 0.186 e. The van der Waals surface area contributed by atoms with Crippen molar-refractivity contribution >= 4 is 18.9 Å². The van der Waals surface area contributed by atoms with E-state index in [2.05, 4.69) is 9.97 Å². The molecule has 174 valence electrons. The number of para-hydroxylation sites is 1. The minimum Gasteiger partial charge on any atom is -0.342 e. The monoisotopic (exact) mass is 467 g/mol. The van der Waals surface area contributed by atoms with E-state index in [0.29, 0.717) is 13.1 Å². The van der Waals surface area contributed by atoms with Crippen molar-refractivity contribution in [3.05, 3.63) is 102 Å². The maximum Gasteiger partial charge on any atom is 0.186 e. The van der Waals surface area contributed by atoms with E-state index in [-0.39, 0.29) is 12.0 Å². The molecule has 35 heavy (non-hydrogen) atoms. The van der Waals surface area contributed by atoms with Crippen molar-refractivity contribution in [2.75, 3.05) is 6.54 Å². The van der Waals surface area contributed by atoms with Gasteiger partial charge in [-0.1, -0.05) is 30.3 Å². The van der Waals surface area contributed by atoms with Crippen LogP contribution < -0.4 is 0 Å². The number of H-pyrrole nitrogens is 1. The number of halogens is 2. The molecule has 0 aliphatic heterocycles. The molecule has 0 aliphatic rings. The third kappa shape index (κ3) is 4.83. The van der Waals surface area contributed by atoms with Crippen molar-refractivity contribution in [1.82, 2.24) is 24.7 Å². The predicted molar refractivity (Wildman–Crippen MR) is 136 cm³/mol. The number of hydrogen-bond donors (Lipinski definition) is 1. The molecule has 2 aromatic carbocycles. The molecule has 0 atom stereocenters. The average molecular weight is 467 g/mol. The third-order valence-electron chi connectivity index (χ3n) is 6.03. The van der Waals surface area contributed by atoms with Crippen LogP contribution in [0.4, 0.5) is 8.78 Å². The second kappa shape index (κ2) is 9.76. The standard InChI is InChI=1S/C27H24BF2N5/c1-17-6-4-11-24(32-17)27-26(19-12-14-31-23-10-3-2-7-18(19)23)33-25(34-27)16-35(28)15-13-20-21(29)8-5-9-22(20)30/h2-12,14H,13,15-16,28H2,1H3,(H,33,34). The Kier molecular flexibility index (Phi) is 6.38. The first-order valence-electron chi connectivity index (χ1n) is 11.5. The van der Waals surface area contributed by atoms with Gasteiger partial charge in [-0.05, 0) is 56.3 Å². The Morgan fingerprint density at radius 3 is 2.49 bits per heavy atom. The van der Waals surface area contributed by atoms with Crippen molar-refractivity contribution in [3.8, 4) is 22.6 Å². The Hall–Kier alpha value is -3.91. The van der Waals surface area contributed by atoms with Gasteiger partial charge in [0.15, 0.2) is 7.98 Å². The maximum absolute atomic E-state index is 14.0. The van der Waals surface area contributed by atoms with E-state index in [9.17, 15) is 8.78 Å². The number of aromatic amines is 1. The summed E-state index contributed by atoms with van der Waals surface area (Å²) in [5.41, 5.74) is 5.30. The highest BCUT2D eigenvalue weighted by molar-refractivity contribution is 6.04. The van der Waals surface area contributed by atoms with Gasteiger partial charge in [-0.3, -0.25) is 9.97 Å². The first-order chi connectivity index (χ1) is 17.0. The van der Waals surface area contributed by atoms with E-state index in [1.54, 1.807) is 6.20 Å². The van der Waals surface area contributed by atoms with Crippen molar-refractivity contribution in [3.63, 3.8) is 0 Å². The van der Waals surface area contributed by atoms with Crippen LogP contribution in [-0.2, 0) is 13.0 Å². The molecular weight excluding hydrogens is 443 g/mol. The summed E-state index contributed by atoms with van der Waals surface area (Å²) >= 11 is 0. The fraction of sp³-hybridized carbons (Fsp3) is 0.148. The quantitative estimate of drug-likeness (QED) is 0.347. The van der Waals surface area contributed by atoms with Crippen LogP contribution in [-0.4, -0.2) is 39.3 Å². The number of nitrogens with one attached hydrogen (secondary N) is 1. The number of benzene rings is 2. The zero-order chi connectivity index (χ0) is 24.4. The number of hydrogen-bond acceptors (Lipinski definition) is 4. The molecule has 8 heteroatoms. The van der Waals surface area contributed by atoms with E-state index in [1.807, 2.05) is 68.2 Å². The molecule has 0 unspecified atom stereocenters. The lowest BCUT2D eigenvalue weighted by Gasteiger charge is -2.16. The number of pyridine rings is 2. The highest BCUT2D eigenvalue weighted by Gasteiger charge is 2.18. The fourth-order valence-electron chi connectivity index (χ4n) is 4.27. The molecule has 5 rings (SSSR count). The number of nitrogens with zero attached hydrogens (tertiary/aromatic N) is 4. The first kappa shape index (κ1) is 22.9. The van der Waals surface area contributed by atoms with Gasteiger partial charge in [0.1, 0.15) is 23.2 Å². The molecule has 0 fully saturated rings. The average Bonchev–Trinajstić information content (AvgIpc) is 3.27. The van der Waals surface area contributed by atoms with E-state index in [0.717, 1.165) is 45.1 Å². The Bertz CT molecular complexity index is 1470. The lowest BCUT2D eigenvalue weighted by atomic mass is 10.0. The van der Waals surface area contributed by atoms with Crippen LogP contribution in [0.1, 0.15) is 17.1 Å².